The topological polar surface area (TPSA) is 12.4 Å². The van der Waals surface area contributed by atoms with Crippen LogP contribution in [0.5, 0.6) is 0 Å². The van der Waals surface area contributed by atoms with Crippen LogP contribution in [-0.4, -0.2) is 13.3 Å². The molecule has 1 rings (SSSR count). The lowest BCUT2D eigenvalue weighted by atomic mass is 9.69. The monoisotopic (exact) mass is 381 g/mol. The molecule has 0 aromatic heterocycles. The summed E-state index contributed by atoms with van der Waals surface area (Å²) in [6, 6.07) is 0. The number of hydrogen-bond donors (Lipinski definition) is 0. The Morgan fingerprint density at radius 3 is 1.71 bits per heavy atom. The van der Waals surface area contributed by atoms with Gasteiger partial charge >= 0.3 is 0 Å². The lowest BCUT2D eigenvalue weighted by Crippen LogP contribution is -2.21. The molecule has 1 heteroatoms. The first-order valence-corrected chi connectivity index (χ1v) is 10.7. The lowest BCUT2D eigenvalue weighted by molar-refractivity contribution is 0.372. The third kappa shape index (κ3) is 5.25. The second kappa shape index (κ2) is 9.72. The Labute approximate surface area is 175 Å². The highest BCUT2D eigenvalue weighted by atomic mass is 14.6. The van der Waals surface area contributed by atoms with Crippen LogP contribution >= 0.6 is 0 Å². The first-order chi connectivity index (χ1) is 12.9. The third-order valence-corrected chi connectivity index (χ3v) is 7.12. The predicted molar refractivity (Wildman–Crippen MR) is 128 cm³/mol. The zero-order valence-corrected chi connectivity index (χ0v) is 20.6. The molecule has 1 aliphatic carbocycles. The molecular formula is C27H43N. The van der Waals surface area contributed by atoms with Crippen LogP contribution in [0.1, 0.15) is 95.4 Å². The summed E-state index contributed by atoms with van der Waals surface area (Å²) in [4.78, 5) is 4.17. The third-order valence-electron chi connectivity index (χ3n) is 7.12. The summed E-state index contributed by atoms with van der Waals surface area (Å²) in [5.74, 6) is 0. The van der Waals surface area contributed by atoms with Crippen molar-refractivity contribution in [3.63, 3.8) is 0 Å². The van der Waals surface area contributed by atoms with Crippen molar-refractivity contribution < 1.29 is 0 Å². The fourth-order valence-electron chi connectivity index (χ4n) is 4.63. The van der Waals surface area contributed by atoms with Gasteiger partial charge in [-0.15, -0.1) is 0 Å². The van der Waals surface area contributed by atoms with E-state index in [2.05, 4.69) is 81.2 Å². The van der Waals surface area contributed by atoms with Crippen LogP contribution in [0.25, 0.3) is 0 Å². The maximum absolute atomic E-state index is 4.17. The van der Waals surface area contributed by atoms with Gasteiger partial charge in [-0.05, 0) is 137 Å². The molecule has 0 heterocycles. The van der Waals surface area contributed by atoms with Crippen LogP contribution in [-0.2, 0) is 0 Å². The van der Waals surface area contributed by atoms with E-state index >= 15 is 0 Å². The number of rotatable bonds is 5. The highest BCUT2D eigenvalue weighted by molar-refractivity contribution is 5.80. The molecule has 0 amide bonds. The van der Waals surface area contributed by atoms with E-state index in [4.69, 9.17) is 0 Å². The molecule has 0 N–H and O–H groups in total. The molecule has 0 fully saturated rings. The molecule has 0 aromatic carbocycles. The highest BCUT2D eigenvalue weighted by Crippen LogP contribution is 2.45. The second-order valence-electron chi connectivity index (χ2n) is 9.34. The van der Waals surface area contributed by atoms with Gasteiger partial charge in [0.05, 0.1) is 0 Å². The van der Waals surface area contributed by atoms with Crippen LogP contribution in [0.2, 0.25) is 0 Å². The summed E-state index contributed by atoms with van der Waals surface area (Å²) in [5.41, 5.74) is 14.4. The summed E-state index contributed by atoms with van der Waals surface area (Å²) >= 11 is 0. The molecule has 0 aliphatic heterocycles. The molecule has 0 unspecified atom stereocenters. The SMILES string of the molecule is C/N=C/C(C)=C(C)/C(C)=C(C)/C(C)=C(C)/C(C)=C(\C)C1=C(C)CCCC1(C)C. The van der Waals surface area contributed by atoms with E-state index < -0.39 is 0 Å². The molecule has 156 valence electrons. The van der Waals surface area contributed by atoms with Gasteiger partial charge in [0.25, 0.3) is 0 Å². The molecule has 0 bridgehead atoms. The average molecular weight is 382 g/mol. The van der Waals surface area contributed by atoms with Crippen molar-refractivity contribution in [2.75, 3.05) is 7.05 Å². The van der Waals surface area contributed by atoms with E-state index in [0.29, 0.717) is 0 Å². The smallest absolute Gasteiger partial charge is 0.0277 e. The van der Waals surface area contributed by atoms with E-state index in [0.717, 1.165) is 0 Å². The Morgan fingerprint density at radius 1 is 0.786 bits per heavy atom. The minimum Gasteiger partial charge on any atom is -0.296 e. The van der Waals surface area contributed by atoms with Gasteiger partial charge in [-0.3, -0.25) is 4.99 Å². The second-order valence-corrected chi connectivity index (χ2v) is 9.34. The average Bonchev–Trinajstić information content (AvgIpc) is 2.63. The fraction of sp³-hybridized carbons (Fsp3) is 0.593. The Bertz CT molecular complexity index is 801. The zero-order chi connectivity index (χ0) is 21.8. The van der Waals surface area contributed by atoms with Gasteiger partial charge in [-0.1, -0.05) is 19.4 Å². The van der Waals surface area contributed by atoms with E-state index in [1.165, 1.54) is 63.8 Å². The molecule has 0 radical (unpaired) electrons. The minimum atomic E-state index is 0.276. The van der Waals surface area contributed by atoms with Crippen LogP contribution in [0, 0.1) is 5.41 Å². The standard InChI is InChI=1S/C27H43N/c1-17-14-13-15-27(10,11)26(17)25(9)24(8)23(7)22(6)21(5)20(4)19(3)18(2)16-28-12/h16H,13-15H2,1-12H3/b19-18+,21-20+,23-22+,25-24+,28-16+. The Balaban J connectivity index is 3.54. The molecule has 0 aromatic rings. The van der Waals surface area contributed by atoms with Crippen molar-refractivity contribution in [2.24, 2.45) is 10.4 Å². The Morgan fingerprint density at radius 2 is 1.25 bits per heavy atom. The van der Waals surface area contributed by atoms with Crippen molar-refractivity contribution in [1.29, 1.82) is 0 Å². The van der Waals surface area contributed by atoms with Crippen LogP contribution in [0.4, 0.5) is 0 Å². The van der Waals surface area contributed by atoms with Gasteiger partial charge in [0.15, 0.2) is 0 Å². The maximum atomic E-state index is 4.17. The van der Waals surface area contributed by atoms with Crippen molar-refractivity contribution in [3.8, 4) is 0 Å². The summed E-state index contributed by atoms with van der Waals surface area (Å²) in [6.45, 7) is 25.2. The molecule has 1 aliphatic rings. The summed E-state index contributed by atoms with van der Waals surface area (Å²) in [6.07, 6.45) is 5.79. The van der Waals surface area contributed by atoms with Crippen molar-refractivity contribution in [1.82, 2.24) is 0 Å². The zero-order valence-electron chi connectivity index (χ0n) is 20.6. The largest absolute Gasteiger partial charge is 0.296 e. The maximum Gasteiger partial charge on any atom is 0.0277 e. The first kappa shape index (κ1) is 24.4. The van der Waals surface area contributed by atoms with Crippen molar-refractivity contribution >= 4 is 6.21 Å². The van der Waals surface area contributed by atoms with E-state index in [-0.39, 0.29) is 5.41 Å². The summed E-state index contributed by atoms with van der Waals surface area (Å²) < 4.78 is 0. The van der Waals surface area contributed by atoms with Gasteiger partial charge in [0, 0.05) is 13.3 Å². The van der Waals surface area contributed by atoms with Crippen molar-refractivity contribution in [2.45, 2.75) is 95.4 Å². The normalized spacial score (nSPS) is 21.3. The molecule has 0 saturated heterocycles. The van der Waals surface area contributed by atoms with Gasteiger partial charge < -0.3 is 0 Å². The lowest BCUT2D eigenvalue weighted by Gasteiger charge is -2.36. The van der Waals surface area contributed by atoms with Crippen molar-refractivity contribution in [3.05, 3.63) is 55.7 Å². The van der Waals surface area contributed by atoms with Crippen LogP contribution in [0.15, 0.2) is 60.7 Å². The number of aliphatic imine (C=N–C) groups is 1. The number of hydrogen-bond acceptors (Lipinski definition) is 1. The molecule has 0 saturated carbocycles. The van der Waals surface area contributed by atoms with Crippen LogP contribution < -0.4 is 0 Å². The van der Waals surface area contributed by atoms with Gasteiger partial charge in [-0.25, -0.2) is 0 Å². The molecule has 28 heavy (non-hydrogen) atoms. The van der Waals surface area contributed by atoms with E-state index in [1.54, 1.807) is 11.1 Å². The number of allylic oxidation sites excluding steroid dienone is 10. The van der Waals surface area contributed by atoms with Gasteiger partial charge in [0.2, 0.25) is 0 Å². The van der Waals surface area contributed by atoms with Crippen LogP contribution in [0.3, 0.4) is 0 Å². The Hall–Kier alpha value is -1.63. The molecule has 0 atom stereocenters. The first-order valence-electron chi connectivity index (χ1n) is 10.7. The minimum absolute atomic E-state index is 0.276. The van der Waals surface area contributed by atoms with E-state index in [1.807, 2.05) is 13.3 Å². The summed E-state index contributed by atoms with van der Waals surface area (Å²) in [7, 11) is 1.83. The predicted octanol–water partition coefficient (Wildman–Crippen LogP) is 8.56. The van der Waals surface area contributed by atoms with E-state index in [9.17, 15) is 0 Å². The number of nitrogens with zero attached hydrogens (tertiary/aromatic N) is 1. The fourth-order valence-corrected chi connectivity index (χ4v) is 4.63. The summed E-state index contributed by atoms with van der Waals surface area (Å²) in [5, 5.41) is 0. The van der Waals surface area contributed by atoms with Gasteiger partial charge in [-0.2, -0.15) is 0 Å². The quantitative estimate of drug-likeness (QED) is 0.334. The highest BCUT2D eigenvalue weighted by Gasteiger charge is 2.30. The van der Waals surface area contributed by atoms with Gasteiger partial charge in [0.1, 0.15) is 0 Å². The molecule has 1 nitrogen and oxygen atoms in total. The molecule has 0 spiro atoms. The molecular weight excluding hydrogens is 338 g/mol. The Kier molecular flexibility index (Phi) is 8.47.